The van der Waals surface area contributed by atoms with E-state index in [9.17, 15) is 9.59 Å². The number of ether oxygens (including phenoxy) is 1. The number of primary amides is 1. The molecule has 0 radical (unpaired) electrons. The van der Waals surface area contributed by atoms with Crippen molar-refractivity contribution in [1.82, 2.24) is 4.90 Å². The first-order valence-electron chi connectivity index (χ1n) is 6.75. The lowest BCUT2D eigenvalue weighted by molar-refractivity contribution is -0.139. The second kappa shape index (κ2) is 6.52. The van der Waals surface area contributed by atoms with Gasteiger partial charge in [0.15, 0.2) is 0 Å². The van der Waals surface area contributed by atoms with E-state index < -0.39 is 0 Å². The van der Waals surface area contributed by atoms with Gasteiger partial charge in [-0.15, -0.1) is 0 Å². The Bertz CT molecular complexity index is 502. The van der Waals surface area contributed by atoms with E-state index in [1.165, 1.54) is 7.11 Å². The highest BCUT2D eigenvalue weighted by Crippen LogP contribution is 2.20. The first-order valence-corrected chi connectivity index (χ1v) is 6.75. The van der Waals surface area contributed by atoms with Crippen LogP contribution >= 0.6 is 0 Å². The van der Waals surface area contributed by atoms with E-state index in [1.807, 2.05) is 24.3 Å². The van der Waals surface area contributed by atoms with Crippen LogP contribution < -0.4 is 5.73 Å². The van der Waals surface area contributed by atoms with Crippen molar-refractivity contribution in [2.75, 3.05) is 20.2 Å². The summed E-state index contributed by atoms with van der Waals surface area (Å²) in [6, 6.07) is 7.82. The molecule has 0 aromatic heterocycles. The average molecular weight is 276 g/mol. The summed E-state index contributed by atoms with van der Waals surface area (Å²) in [4.78, 5) is 24.8. The van der Waals surface area contributed by atoms with Crippen LogP contribution in [0.4, 0.5) is 0 Å². The third-order valence-corrected chi connectivity index (χ3v) is 3.75. The van der Waals surface area contributed by atoms with Crippen LogP contribution in [0.2, 0.25) is 0 Å². The third kappa shape index (κ3) is 3.57. The molecule has 20 heavy (non-hydrogen) atoms. The smallest absolute Gasteiger partial charge is 0.309 e. The third-order valence-electron chi connectivity index (χ3n) is 3.75. The Morgan fingerprint density at radius 1 is 1.35 bits per heavy atom. The zero-order valence-electron chi connectivity index (χ0n) is 11.7. The molecule has 108 valence electrons. The van der Waals surface area contributed by atoms with Crippen molar-refractivity contribution in [3.63, 3.8) is 0 Å². The largest absolute Gasteiger partial charge is 0.469 e. The van der Waals surface area contributed by atoms with E-state index in [1.54, 1.807) is 0 Å². The van der Waals surface area contributed by atoms with Crippen LogP contribution in [-0.2, 0) is 27.3 Å². The average Bonchev–Trinajstić information content (AvgIpc) is 2.89. The Labute approximate surface area is 118 Å². The summed E-state index contributed by atoms with van der Waals surface area (Å²) in [6.45, 7) is 2.29. The fraction of sp³-hybridized carbons (Fsp3) is 0.467. The second-order valence-electron chi connectivity index (χ2n) is 5.14. The Morgan fingerprint density at radius 3 is 2.65 bits per heavy atom. The van der Waals surface area contributed by atoms with Crippen LogP contribution in [0.3, 0.4) is 0 Å². The molecule has 1 atom stereocenters. The summed E-state index contributed by atoms with van der Waals surface area (Å²) in [5.74, 6) is -0.521. The molecule has 2 N–H and O–H groups in total. The van der Waals surface area contributed by atoms with Crippen molar-refractivity contribution in [1.29, 1.82) is 0 Å². The summed E-state index contributed by atoms with van der Waals surface area (Å²) in [7, 11) is 1.39. The van der Waals surface area contributed by atoms with Crippen molar-refractivity contribution in [2.24, 2.45) is 11.7 Å². The number of amides is 1. The Kier molecular flexibility index (Phi) is 4.74. The number of carbonyl (C=O) groups is 2. The molecule has 1 amide bonds. The maximum Gasteiger partial charge on any atom is 0.309 e. The molecule has 2 rings (SSSR count). The normalized spacial score (nSPS) is 18.9. The Morgan fingerprint density at radius 2 is 2.05 bits per heavy atom. The van der Waals surface area contributed by atoms with Crippen LogP contribution in [-0.4, -0.2) is 37.0 Å². The molecular formula is C15H20N2O3. The Hall–Kier alpha value is -1.88. The number of likely N-dealkylation sites (tertiary alicyclic amines) is 1. The maximum absolute atomic E-state index is 11.4. The number of rotatable bonds is 5. The molecule has 1 unspecified atom stereocenters. The zero-order chi connectivity index (χ0) is 14.5. The summed E-state index contributed by atoms with van der Waals surface area (Å²) >= 11 is 0. The molecule has 1 saturated heterocycles. The lowest BCUT2D eigenvalue weighted by Crippen LogP contribution is -2.27. The minimum Gasteiger partial charge on any atom is -0.469 e. The van der Waals surface area contributed by atoms with Gasteiger partial charge < -0.3 is 10.5 Å². The van der Waals surface area contributed by atoms with Crippen LogP contribution in [0.1, 0.15) is 17.5 Å². The SMILES string of the molecule is COC(=O)Cc1ccccc1CN1CCC(C(N)=O)C1. The van der Waals surface area contributed by atoms with Gasteiger partial charge in [0.25, 0.3) is 0 Å². The number of nitrogens with two attached hydrogens (primary N) is 1. The predicted molar refractivity (Wildman–Crippen MR) is 74.7 cm³/mol. The fourth-order valence-corrected chi connectivity index (χ4v) is 2.56. The van der Waals surface area contributed by atoms with Crippen molar-refractivity contribution in [2.45, 2.75) is 19.4 Å². The molecule has 0 bridgehead atoms. The molecule has 0 aliphatic carbocycles. The fourth-order valence-electron chi connectivity index (χ4n) is 2.56. The molecule has 0 spiro atoms. The van der Waals surface area contributed by atoms with Gasteiger partial charge in [-0.05, 0) is 24.1 Å². The molecule has 5 nitrogen and oxygen atoms in total. The molecule has 1 aliphatic rings. The minimum absolute atomic E-state index is 0.0530. The van der Waals surface area contributed by atoms with Gasteiger partial charge in [-0.1, -0.05) is 24.3 Å². The summed E-state index contributed by atoms with van der Waals surface area (Å²) in [5.41, 5.74) is 7.41. The van der Waals surface area contributed by atoms with E-state index in [4.69, 9.17) is 10.5 Å². The number of esters is 1. The van der Waals surface area contributed by atoms with Crippen LogP contribution in [0, 0.1) is 5.92 Å². The number of benzene rings is 1. The van der Waals surface area contributed by atoms with Gasteiger partial charge in [0.05, 0.1) is 19.4 Å². The zero-order valence-corrected chi connectivity index (χ0v) is 11.7. The van der Waals surface area contributed by atoms with Gasteiger partial charge in [0, 0.05) is 13.1 Å². The van der Waals surface area contributed by atoms with Crippen LogP contribution in [0.25, 0.3) is 0 Å². The Balaban J connectivity index is 2.03. The standard InChI is InChI=1S/C15H20N2O3/c1-20-14(18)8-11-4-2-3-5-12(11)9-17-7-6-13(10-17)15(16)19/h2-5,13H,6-10H2,1H3,(H2,16,19). The van der Waals surface area contributed by atoms with Gasteiger partial charge in [-0.25, -0.2) is 0 Å². The summed E-state index contributed by atoms with van der Waals surface area (Å²) in [5, 5.41) is 0. The molecule has 1 aromatic carbocycles. The number of hydrogen-bond acceptors (Lipinski definition) is 4. The number of methoxy groups -OCH3 is 1. The second-order valence-corrected chi connectivity index (χ2v) is 5.14. The van der Waals surface area contributed by atoms with E-state index in [0.29, 0.717) is 6.54 Å². The van der Waals surface area contributed by atoms with E-state index in [0.717, 1.165) is 30.6 Å². The topological polar surface area (TPSA) is 72.6 Å². The van der Waals surface area contributed by atoms with Gasteiger partial charge in [0.1, 0.15) is 0 Å². The van der Waals surface area contributed by atoms with Crippen molar-refractivity contribution >= 4 is 11.9 Å². The molecule has 1 fully saturated rings. The minimum atomic E-state index is -0.242. The predicted octanol–water partition coefficient (Wildman–Crippen LogP) is 0.709. The van der Waals surface area contributed by atoms with Crippen LogP contribution in [0.15, 0.2) is 24.3 Å². The van der Waals surface area contributed by atoms with Crippen molar-refractivity contribution < 1.29 is 14.3 Å². The maximum atomic E-state index is 11.4. The monoisotopic (exact) mass is 276 g/mol. The number of hydrogen-bond donors (Lipinski definition) is 1. The lowest BCUT2D eigenvalue weighted by Gasteiger charge is -2.17. The lowest BCUT2D eigenvalue weighted by atomic mass is 10.0. The molecule has 1 aliphatic heterocycles. The van der Waals surface area contributed by atoms with Gasteiger partial charge in [0.2, 0.25) is 5.91 Å². The summed E-state index contributed by atoms with van der Waals surface area (Å²) in [6.07, 6.45) is 1.09. The molecule has 1 aromatic rings. The quantitative estimate of drug-likeness (QED) is 0.804. The highest BCUT2D eigenvalue weighted by atomic mass is 16.5. The summed E-state index contributed by atoms with van der Waals surface area (Å²) < 4.78 is 4.71. The highest BCUT2D eigenvalue weighted by molar-refractivity contribution is 5.77. The van der Waals surface area contributed by atoms with Gasteiger partial charge >= 0.3 is 5.97 Å². The number of nitrogens with zero attached hydrogens (tertiary/aromatic N) is 1. The van der Waals surface area contributed by atoms with E-state index in [-0.39, 0.29) is 24.2 Å². The number of carbonyl (C=O) groups excluding carboxylic acids is 2. The van der Waals surface area contributed by atoms with E-state index in [2.05, 4.69) is 4.90 Å². The van der Waals surface area contributed by atoms with Gasteiger partial charge in [-0.2, -0.15) is 0 Å². The first kappa shape index (κ1) is 14.5. The van der Waals surface area contributed by atoms with Crippen molar-refractivity contribution in [3.8, 4) is 0 Å². The molecular weight excluding hydrogens is 256 g/mol. The van der Waals surface area contributed by atoms with Gasteiger partial charge in [-0.3, -0.25) is 14.5 Å². The molecule has 0 saturated carbocycles. The first-order chi connectivity index (χ1) is 9.60. The van der Waals surface area contributed by atoms with Crippen LogP contribution in [0.5, 0.6) is 0 Å². The van der Waals surface area contributed by atoms with Crippen molar-refractivity contribution in [3.05, 3.63) is 35.4 Å². The molecule has 1 heterocycles. The van der Waals surface area contributed by atoms with E-state index >= 15 is 0 Å². The highest BCUT2D eigenvalue weighted by Gasteiger charge is 2.26. The molecule has 5 heteroatoms.